The second-order valence-electron chi connectivity index (χ2n) is 5.83. The van der Waals surface area contributed by atoms with Crippen molar-refractivity contribution >= 4 is 5.65 Å². The molecule has 1 aliphatic rings. The highest BCUT2D eigenvalue weighted by molar-refractivity contribution is 5.42. The molecule has 1 aliphatic carbocycles. The molecule has 3 nitrogen and oxygen atoms in total. The molecule has 0 saturated heterocycles. The van der Waals surface area contributed by atoms with E-state index < -0.39 is 0 Å². The third-order valence-electron chi connectivity index (χ3n) is 4.44. The number of pyridine rings is 1. The molecule has 3 aromatic rings. The molecule has 0 bridgehead atoms. The van der Waals surface area contributed by atoms with E-state index in [1.54, 1.807) is 0 Å². The van der Waals surface area contributed by atoms with Gasteiger partial charge in [-0.05, 0) is 43.0 Å². The van der Waals surface area contributed by atoms with Crippen molar-refractivity contribution in [2.45, 2.75) is 32.4 Å². The van der Waals surface area contributed by atoms with Crippen LogP contribution in [0.5, 0.6) is 0 Å². The van der Waals surface area contributed by atoms with Gasteiger partial charge in [-0.3, -0.25) is 0 Å². The smallest absolute Gasteiger partial charge is 0.137 e. The Morgan fingerprint density at radius 2 is 1.81 bits per heavy atom. The summed E-state index contributed by atoms with van der Waals surface area (Å²) in [5, 5.41) is 3.70. The van der Waals surface area contributed by atoms with Crippen LogP contribution in [-0.2, 0) is 19.4 Å². The van der Waals surface area contributed by atoms with Gasteiger partial charge in [0.15, 0.2) is 0 Å². The summed E-state index contributed by atoms with van der Waals surface area (Å²) in [6.07, 6.45) is 4.35. The van der Waals surface area contributed by atoms with Crippen molar-refractivity contribution < 1.29 is 0 Å². The summed E-state index contributed by atoms with van der Waals surface area (Å²) in [6, 6.07) is 15.5. The number of hydrogen-bond donors (Lipinski definition) is 1. The van der Waals surface area contributed by atoms with Gasteiger partial charge in [0.25, 0.3) is 0 Å². The Morgan fingerprint density at radius 1 is 1.10 bits per heavy atom. The van der Waals surface area contributed by atoms with Gasteiger partial charge in [0.1, 0.15) is 5.65 Å². The lowest BCUT2D eigenvalue weighted by Gasteiger charge is -2.12. The minimum absolute atomic E-state index is 0.538. The molecule has 0 spiro atoms. The molecule has 0 radical (unpaired) electrons. The minimum Gasteiger partial charge on any atom is -0.308 e. The van der Waals surface area contributed by atoms with Crippen LogP contribution >= 0.6 is 0 Å². The molecule has 0 unspecified atom stereocenters. The van der Waals surface area contributed by atoms with Crippen LogP contribution in [0.25, 0.3) is 5.65 Å². The van der Waals surface area contributed by atoms with Crippen LogP contribution in [0.2, 0.25) is 0 Å². The van der Waals surface area contributed by atoms with Gasteiger partial charge in [0.2, 0.25) is 0 Å². The Balaban J connectivity index is 1.51. The van der Waals surface area contributed by atoms with Gasteiger partial charge in [0.05, 0.1) is 11.4 Å². The fraction of sp³-hybridized carbons (Fsp3) is 0.278. The van der Waals surface area contributed by atoms with E-state index in [2.05, 4.69) is 64.2 Å². The molecule has 0 aliphatic heterocycles. The fourth-order valence-corrected chi connectivity index (χ4v) is 3.32. The van der Waals surface area contributed by atoms with Gasteiger partial charge in [-0.25, -0.2) is 4.98 Å². The van der Waals surface area contributed by atoms with Crippen LogP contribution < -0.4 is 5.32 Å². The largest absolute Gasteiger partial charge is 0.308 e. The number of nitrogens with zero attached hydrogens (tertiary/aromatic N) is 2. The summed E-state index contributed by atoms with van der Waals surface area (Å²) in [4.78, 5) is 4.62. The van der Waals surface area contributed by atoms with Crippen molar-refractivity contribution in [2.24, 2.45) is 0 Å². The summed E-state index contributed by atoms with van der Waals surface area (Å²) in [6.45, 7) is 2.96. The molecule has 0 amide bonds. The van der Waals surface area contributed by atoms with Gasteiger partial charge < -0.3 is 9.72 Å². The van der Waals surface area contributed by atoms with Crippen molar-refractivity contribution in [3.8, 4) is 0 Å². The Morgan fingerprint density at radius 3 is 2.57 bits per heavy atom. The number of imidazole rings is 1. The third kappa shape index (κ3) is 2.24. The van der Waals surface area contributed by atoms with Crippen molar-refractivity contribution in [1.29, 1.82) is 0 Å². The maximum absolute atomic E-state index is 4.62. The predicted molar refractivity (Wildman–Crippen MR) is 84.4 cm³/mol. The molecule has 106 valence electrons. The van der Waals surface area contributed by atoms with E-state index in [-0.39, 0.29) is 0 Å². The van der Waals surface area contributed by atoms with Crippen molar-refractivity contribution in [2.75, 3.05) is 0 Å². The van der Waals surface area contributed by atoms with Crippen LogP contribution in [-0.4, -0.2) is 15.4 Å². The van der Waals surface area contributed by atoms with E-state index >= 15 is 0 Å². The van der Waals surface area contributed by atoms with E-state index in [0.717, 1.165) is 30.7 Å². The first-order chi connectivity index (χ1) is 10.3. The van der Waals surface area contributed by atoms with Crippen LogP contribution in [0.4, 0.5) is 0 Å². The van der Waals surface area contributed by atoms with Gasteiger partial charge >= 0.3 is 0 Å². The summed E-state index contributed by atoms with van der Waals surface area (Å²) < 4.78 is 2.18. The monoisotopic (exact) mass is 277 g/mol. The summed E-state index contributed by atoms with van der Waals surface area (Å²) in [5.41, 5.74) is 6.39. The van der Waals surface area contributed by atoms with Crippen LogP contribution in [0.3, 0.4) is 0 Å². The molecule has 1 aromatic carbocycles. The van der Waals surface area contributed by atoms with E-state index in [9.17, 15) is 0 Å². The molecule has 0 atom stereocenters. The number of fused-ring (bicyclic) bond motifs is 2. The molecular weight excluding hydrogens is 258 g/mol. The number of benzene rings is 1. The zero-order chi connectivity index (χ0) is 14.2. The fourth-order valence-electron chi connectivity index (χ4n) is 3.32. The van der Waals surface area contributed by atoms with Crippen molar-refractivity contribution in [1.82, 2.24) is 14.7 Å². The van der Waals surface area contributed by atoms with Crippen molar-refractivity contribution in [3.05, 3.63) is 71.2 Å². The SMILES string of the molecule is Cc1nc2ccccn2c1CNC1Cc2ccccc2C1. The summed E-state index contributed by atoms with van der Waals surface area (Å²) >= 11 is 0. The molecule has 2 aromatic heterocycles. The lowest BCUT2D eigenvalue weighted by molar-refractivity contribution is 0.525. The Kier molecular flexibility index (Phi) is 3.00. The van der Waals surface area contributed by atoms with Crippen LogP contribution in [0, 0.1) is 6.92 Å². The third-order valence-corrected chi connectivity index (χ3v) is 4.44. The Labute approximate surface area is 124 Å². The molecule has 4 rings (SSSR count). The van der Waals surface area contributed by atoms with Gasteiger partial charge in [-0.15, -0.1) is 0 Å². The van der Waals surface area contributed by atoms with E-state index in [1.807, 2.05) is 6.07 Å². The number of aryl methyl sites for hydroxylation is 1. The number of aromatic nitrogens is 2. The normalized spacial score (nSPS) is 14.7. The summed E-state index contributed by atoms with van der Waals surface area (Å²) in [7, 11) is 0. The second-order valence-corrected chi connectivity index (χ2v) is 5.83. The molecule has 0 saturated carbocycles. The lowest BCUT2D eigenvalue weighted by atomic mass is 10.1. The predicted octanol–water partition coefficient (Wildman–Crippen LogP) is 2.90. The molecule has 1 N–H and O–H groups in total. The van der Waals surface area contributed by atoms with E-state index in [1.165, 1.54) is 16.8 Å². The second kappa shape index (κ2) is 5.01. The van der Waals surface area contributed by atoms with E-state index in [0.29, 0.717) is 6.04 Å². The Bertz CT molecular complexity index is 763. The van der Waals surface area contributed by atoms with Gasteiger partial charge in [0, 0.05) is 18.8 Å². The highest BCUT2D eigenvalue weighted by Gasteiger charge is 2.20. The summed E-state index contributed by atoms with van der Waals surface area (Å²) in [5.74, 6) is 0. The molecule has 3 heteroatoms. The first kappa shape index (κ1) is 12.6. The first-order valence-electron chi connectivity index (χ1n) is 7.54. The van der Waals surface area contributed by atoms with Crippen LogP contribution in [0.15, 0.2) is 48.7 Å². The van der Waals surface area contributed by atoms with E-state index in [4.69, 9.17) is 0 Å². The maximum Gasteiger partial charge on any atom is 0.137 e. The average Bonchev–Trinajstić information content (AvgIpc) is 3.04. The van der Waals surface area contributed by atoms with Gasteiger partial charge in [-0.1, -0.05) is 30.3 Å². The highest BCUT2D eigenvalue weighted by atomic mass is 15.0. The molecule has 0 fully saturated rings. The lowest BCUT2D eigenvalue weighted by Crippen LogP contribution is -2.29. The Hall–Kier alpha value is -2.13. The standard InChI is InChI=1S/C18H19N3/c1-13-17(21-9-5-4-8-18(21)20-13)12-19-16-10-14-6-2-3-7-15(14)11-16/h2-9,16,19H,10-12H2,1H3. The topological polar surface area (TPSA) is 29.3 Å². The van der Waals surface area contributed by atoms with Gasteiger partial charge in [-0.2, -0.15) is 0 Å². The highest BCUT2D eigenvalue weighted by Crippen LogP contribution is 2.22. The minimum atomic E-state index is 0.538. The first-order valence-corrected chi connectivity index (χ1v) is 7.54. The number of hydrogen-bond acceptors (Lipinski definition) is 2. The quantitative estimate of drug-likeness (QED) is 0.797. The number of nitrogens with one attached hydrogen (secondary N) is 1. The molecule has 21 heavy (non-hydrogen) atoms. The van der Waals surface area contributed by atoms with Crippen molar-refractivity contribution in [3.63, 3.8) is 0 Å². The maximum atomic E-state index is 4.62. The zero-order valence-corrected chi connectivity index (χ0v) is 12.2. The molecular formula is C18H19N3. The zero-order valence-electron chi connectivity index (χ0n) is 12.2. The van der Waals surface area contributed by atoms with Crippen LogP contribution in [0.1, 0.15) is 22.5 Å². The molecule has 2 heterocycles. The number of rotatable bonds is 3. The average molecular weight is 277 g/mol.